The maximum Gasteiger partial charge on any atom is 0.269 e. The number of halogens is 2. The van der Waals surface area contributed by atoms with Gasteiger partial charge in [0.05, 0.1) is 7.11 Å². The number of H-pyrrole nitrogens is 1. The summed E-state index contributed by atoms with van der Waals surface area (Å²) < 4.78 is 18.0. The van der Waals surface area contributed by atoms with Crippen LogP contribution in [0.4, 0.5) is 4.39 Å². The van der Waals surface area contributed by atoms with Gasteiger partial charge in [0, 0.05) is 5.56 Å². The molecule has 0 atom stereocenters. The van der Waals surface area contributed by atoms with Crippen molar-refractivity contribution in [3.63, 3.8) is 0 Å². The standard InChI is InChI=1S/C11H8BrFN2O3/c1-18-7-4-5(2-3-6(7)13)9-14-10(16)8(12)11(17)15-9/h2-4H,1H3,(H2,14,15,16,17). The van der Waals surface area contributed by atoms with Gasteiger partial charge in [-0.3, -0.25) is 4.79 Å². The van der Waals surface area contributed by atoms with E-state index >= 15 is 0 Å². The van der Waals surface area contributed by atoms with E-state index in [4.69, 9.17) is 4.74 Å². The summed E-state index contributed by atoms with van der Waals surface area (Å²) in [5.74, 6) is -0.807. The van der Waals surface area contributed by atoms with Crippen molar-refractivity contribution in [1.82, 2.24) is 9.97 Å². The lowest BCUT2D eigenvalue weighted by atomic mass is 10.2. The monoisotopic (exact) mass is 314 g/mol. The van der Waals surface area contributed by atoms with Gasteiger partial charge in [-0.05, 0) is 34.1 Å². The zero-order valence-corrected chi connectivity index (χ0v) is 10.8. The Bertz CT molecular complexity index is 657. The molecule has 0 aliphatic carbocycles. The molecule has 0 amide bonds. The van der Waals surface area contributed by atoms with Gasteiger partial charge in [0.2, 0.25) is 5.88 Å². The van der Waals surface area contributed by atoms with Crippen LogP contribution in [-0.4, -0.2) is 22.2 Å². The van der Waals surface area contributed by atoms with E-state index in [1.54, 1.807) is 0 Å². The number of aromatic nitrogens is 2. The number of aromatic hydroxyl groups is 1. The molecule has 0 spiro atoms. The molecule has 0 saturated heterocycles. The topological polar surface area (TPSA) is 75.2 Å². The fourth-order valence-electron chi connectivity index (χ4n) is 1.39. The molecule has 2 rings (SSSR count). The molecule has 0 fully saturated rings. The molecule has 18 heavy (non-hydrogen) atoms. The fraction of sp³-hybridized carbons (Fsp3) is 0.0909. The minimum Gasteiger partial charge on any atom is -0.494 e. The Balaban J connectivity index is 2.59. The van der Waals surface area contributed by atoms with Crippen molar-refractivity contribution in [2.75, 3.05) is 7.11 Å². The second kappa shape index (κ2) is 4.77. The van der Waals surface area contributed by atoms with Crippen molar-refractivity contribution in [1.29, 1.82) is 0 Å². The van der Waals surface area contributed by atoms with Crippen LogP contribution in [0.25, 0.3) is 11.4 Å². The Morgan fingerprint density at radius 1 is 1.50 bits per heavy atom. The highest BCUT2D eigenvalue weighted by Gasteiger charge is 2.11. The minimum atomic E-state index is -0.527. The van der Waals surface area contributed by atoms with E-state index in [0.717, 1.165) is 0 Å². The van der Waals surface area contributed by atoms with Crippen molar-refractivity contribution < 1.29 is 14.2 Å². The van der Waals surface area contributed by atoms with Gasteiger partial charge in [-0.1, -0.05) is 0 Å². The van der Waals surface area contributed by atoms with E-state index in [1.165, 1.54) is 25.3 Å². The normalized spacial score (nSPS) is 10.4. The first kappa shape index (κ1) is 12.6. The molecule has 0 unspecified atom stereocenters. The number of nitrogens with zero attached hydrogens (tertiary/aromatic N) is 1. The van der Waals surface area contributed by atoms with Crippen molar-refractivity contribution >= 4 is 15.9 Å². The third-order valence-electron chi connectivity index (χ3n) is 2.27. The highest BCUT2D eigenvalue weighted by Crippen LogP contribution is 2.25. The molecule has 2 aromatic rings. The number of aromatic amines is 1. The summed E-state index contributed by atoms with van der Waals surface area (Å²) >= 11 is 2.88. The van der Waals surface area contributed by atoms with Crippen LogP contribution in [0, 0.1) is 5.82 Å². The van der Waals surface area contributed by atoms with E-state index in [1.807, 2.05) is 0 Å². The highest BCUT2D eigenvalue weighted by atomic mass is 79.9. The molecule has 5 nitrogen and oxygen atoms in total. The van der Waals surface area contributed by atoms with Gasteiger partial charge in [-0.25, -0.2) is 4.39 Å². The maximum absolute atomic E-state index is 13.2. The number of hydrogen-bond donors (Lipinski definition) is 2. The summed E-state index contributed by atoms with van der Waals surface area (Å²) in [6, 6.07) is 3.98. The zero-order valence-electron chi connectivity index (χ0n) is 9.20. The molecule has 2 N–H and O–H groups in total. The van der Waals surface area contributed by atoms with E-state index in [0.29, 0.717) is 5.56 Å². The van der Waals surface area contributed by atoms with E-state index < -0.39 is 17.3 Å². The van der Waals surface area contributed by atoms with Crippen LogP contribution in [0.3, 0.4) is 0 Å². The van der Waals surface area contributed by atoms with Crippen LogP contribution in [0.2, 0.25) is 0 Å². The first-order chi connectivity index (χ1) is 8.52. The Hall–Kier alpha value is -1.89. The summed E-state index contributed by atoms with van der Waals surface area (Å²) in [5.41, 5.74) is -0.103. The lowest BCUT2D eigenvalue weighted by Crippen LogP contribution is -2.09. The fourth-order valence-corrected chi connectivity index (χ4v) is 1.58. The van der Waals surface area contributed by atoms with Gasteiger partial charge < -0.3 is 14.8 Å². The second-order valence-electron chi connectivity index (χ2n) is 3.40. The first-order valence-electron chi connectivity index (χ1n) is 4.85. The average Bonchev–Trinajstić information content (AvgIpc) is 2.36. The second-order valence-corrected chi connectivity index (χ2v) is 4.19. The van der Waals surface area contributed by atoms with Crippen molar-refractivity contribution in [2.24, 2.45) is 0 Å². The largest absolute Gasteiger partial charge is 0.494 e. The van der Waals surface area contributed by atoms with Crippen LogP contribution in [0.1, 0.15) is 0 Å². The van der Waals surface area contributed by atoms with Crippen molar-refractivity contribution in [2.45, 2.75) is 0 Å². The van der Waals surface area contributed by atoms with Gasteiger partial charge in [-0.2, -0.15) is 4.98 Å². The van der Waals surface area contributed by atoms with E-state index in [9.17, 15) is 14.3 Å². The molecule has 1 aromatic carbocycles. The first-order valence-corrected chi connectivity index (χ1v) is 5.65. The summed E-state index contributed by atoms with van der Waals surface area (Å²) in [6.45, 7) is 0. The molecule has 94 valence electrons. The van der Waals surface area contributed by atoms with Crippen molar-refractivity contribution in [3.05, 3.63) is 38.8 Å². The van der Waals surface area contributed by atoms with Crippen LogP contribution in [-0.2, 0) is 0 Å². The number of hydrogen-bond acceptors (Lipinski definition) is 4. The predicted octanol–water partition coefficient (Wildman–Crippen LogP) is 2.05. The van der Waals surface area contributed by atoms with Crippen LogP contribution in [0.5, 0.6) is 11.6 Å². The van der Waals surface area contributed by atoms with Gasteiger partial charge in [-0.15, -0.1) is 0 Å². The molecular formula is C11H8BrFN2O3. The third kappa shape index (κ3) is 2.21. The summed E-state index contributed by atoms with van der Waals surface area (Å²) in [5, 5.41) is 9.44. The quantitative estimate of drug-likeness (QED) is 0.889. The number of ether oxygens (including phenoxy) is 1. The van der Waals surface area contributed by atoms with Crippen LogP contribution < -0.4 is 10.3 Å². The number of methoxy groups -OCH3 is 1. The van der Waals surface area contributed by atoms with Crippen LogP contribution >= 0.6 is 15.9 Å². The summed E-state index contributed by atoms with van der Waals surface area (Å²) in [7, 11) is 1.33. The SMILES string of the molecule is COc1cc(-c2nc(O)c(Br)c(=O)[nH]2)ccc1F. The Labute approximate surface area is 109 Å². The predicted molar refractivity (Wildman–Crippen MR) is 66.2 cm³/mol. The number of rotatable bonds is 2. The number of benzene rings is 1. The Kier molecular flexibility index (Phi) is 3.33. The van der Waals surface area contributed by atoms with Crippen molar-refractivity contribution in [3.8, 4) is 23.0 Å². The number of nitrogens with one attached hydrogen (secondary N) is 1. The molecule has 0 radical (unpaired) electrons. The molecule has 0 saturated carbocycles. The lowest BCUT2D eigenvalue weighted by molar-refractivity contribution is 0.386. The molecule has 0 aliphatic rings. The highest BCUT2D eigenvalue weighted by molar-refractivity contribution is 9.10. The molecule has 0 bridgehead atoms. The Morgan fingerprint density at radius 3 is 2.83 bits per heavy atom. The maximum atomic E-state index is 13.2. The minimum absolute atomic E-state index is 0.0255. The summed E-state index contributed by atoms with van der Waals surface area (Å²) in [6.07, 6.45) is 0. The zero-order chi connectivity index (χ0) is 13.3. The van der Waals surface area contributed by atoms with E-state index in [2.05, 4.69) is 25.9 Å². The molecule has 0 aliphatic heterocycles. The molecular weight excluding hydrogens is 307 g/mol. The molecule has 1 heterocycles. The van der Waals surface area contributed by atoms with Gasteiger partial charge in [0.15, 0.2) is 11.6 Å². The van der Waals surface area contributed by atoms with Gasteiger partial charge >= 0.3 is 0 Å². The average molecular weight is 315 g/mol. The van der Waals surface area contributed by atoms with Gasteiger partial charge in [0.25, 0.3) is 5.56 Å². The Morgan fingerprint density at radius 2 is 2.22 bits per heavy atom. The summed E-state index contributed by atoms with van der Waals surface area (Å²) in [4.78, 5) is 17.7. The van der Waals surface area contributed by atoms with Gasteiger partial charge in [0.1, 0.15) is 10.3 Å². The van der Waals surface area contributed by atoms with Crippen LogP contribution in [0.15, 0.2) is 27.5 Å². The molecule has 1 aromatic heterocycles. The third-order valence-corrected chi connectivity index (χ3v) is 2.98. The molecule has 7 heteroatoms. The van der Waals surface area contributed by atoms with E-state index in [-0.39, 0.29) is 16.0 Å². The lowest BCUT2D eigenvalue weighted by Gasteiger charge is -2.06. The smallest absolute Gasteiger partial charge is 0.269 e.